The van der Waals surface area contributed by atoms with Crippen molar-refractivity contribution in [2.24, 2.45) is 0 Å². The van der Waals surface area contributed by atoms with Crippen LogP contribution in [0.25, 0.3) is 0 Å². The zero-order valence-corrected chi connectivity index (χ0v) is 13.7. The van der Waals surface area contributed by atoms with Gasteiger partial charge in [0.25, 0.3) is 0 Å². The van der Waals surface area contributed by atoms with Crippen LogP contribution in [0.2, 0.25) is 0 Å². The van der Waals surface area contributed by atoms with Gasteiger partial charge in [-0.3, -0.25) is 4.98 Å². The maximum atomic E-state index is 4.50. The molecule has 0 aliphatic heterocycles. The van der Waals surface area contributed by atoms with Crippen LogP contribution in [0.3, 0.4) is 0 Å². The SMILES string of the molecule is Cc1cnc(C)c(NCc2cccc(Cn3ccnc3C)c2)n1. The number of nitrogens with zero attached hydrogens (tertiary/aromatic N) is 4. The maximum absolute atomic E-state index is 4.50. The van der Waals surface area contributed by atoms with Crippen LogP contribution < -0.4 is 5.32 Å². The highest BCUT2D eigenvalue weighted by Crippen LogP contribution is 2.13. The van der Waals surface area contributed by atoms with Gasteiger partial charge in [-0.05, 0) is 31.9 Å². The van der Waals surface area contributed by atoms with E-state index in [2.05, 4.69) is 49.1 Å². The molecule has 5 heteroatoms. The lowest BCUT2D eigenvalue weighted by Gasteiger charge is -2.10. The molecule has 5 nitrogen and oxygen atoms in total. The molecule has 0 radical (unpaired) electrons. The van der Waals surface area contributed by atoms with Gasteiger partial charge >= 0.3 is 0 Å². The van der Waals surface area contributed by atoms with Gasteiger partial charge in [0.2, 0.25) is 0 Å². The van der Waals surface area contributed by atoms with Crippen molar-refractivity contribution in [3.05, 3.63) is 71.2 Å². The molecule has 23 heavy (non-hydrogen) atoms. The Balaban J connectivity index is 1.70. The standard InChI is InChI=1S/C18H21N5/c1-13-10-20-14(2)18(22-13)21-11-16-5-4-6-17(9-16)12-23-8-7-19-15(23)3/h4-10H,11-12H2,1-3H3,(H,21,22). The normalized spacial score (nSPS) is 10.7. The van der Waals surface area contributed by atoms with Gasteiger partial charge in [-0.1, -0.05) is 24.3 Å². The Bertz CT molecular complexity index is 807. The lowest BCUT2D eigenvalue weighted by molar-refractivity contribution is 0.760. The van der Waals surface area contributed by atoms with E-state index in [1.807, 2.05) is 33.2 Å². The monoisotopic (exact) mass is 307 g/mol. The second-order valence-electron chi connectivity index (χ2n) is 5.72. The molecule has 2 aromatic heterocycles. The predicted octanol–water partition coefficient (Wildman–Crippen LogP) is 3.26. The van der Waals surface area contributed by atoms with Crippen molar-refractivity contribution in [2.75, 3.05) is 5.32 Å². The van der Waals surface area contributed by atoms with Crippen molar-refractivity contribution in [1.29, 1.82) is 0 Å². The van der Waals surface area contributed by atoms with Crippen LogP contribution in [0.4, 0.5) is 5.82 Å². The zero-order valence-electron chi connectivity index (χ0n) is 13.7. The smallest absolute Gasteiger partial charge is 0.148 e. The van der Waals surface area contributed by atoms with Crippen molar-refractivity contribution in [2.45, 2.75) is 33.9 Å². The summed E-state index contributed by atoms with van der Waals surface area (Å²) in [5.41, 5.74) is 4.32. The molecule has 0 saturated heterocycles. The molecular weight excluding hydrogens is 286 g/mol. The highest BCUT2D eigenvalue weighted by Gasteiger charge is 2.03. The van der Waals surface area contributed by atoms with E-state index >= 15 is 0 Å². The quantitative estimate of drug-likeness (QED) is 0.786. The van der Waals surface area contributed by atoms with Crippen LogP contribution in [-0.2, 0) is 13.1 Å². The second kappa shape index (κ2) is 6.60. The van der Waals surface area contributed by atoms with Crippen LogP contribution in [0.1, 0.15) is 28.3 Å². The minimum Gasteiger partial charge on any atom is -0.364 e. The van der Waals surface area contributed by atoms with E-state index in [0.29, 0.717) is 0 Å². The number of hydrogen-bond donors (Lipinski definition) is 1. The summed E-state index contributed by atoms with van der Waals surface area (Å²) in [6, 6.07) is 8.56. The van der Waals surface area contributed by atoms with E-state index in [1.54, 1.807) is 6.20 Å². The van der Waals surface area contributed by atoms with Crippen molar-refractivity contribution in [1.82, 2.24) is 19.5 Å². The highest BCUT2D eigenvalue weighted by molar-refractivity contribution is 5.40. The van der Waals surface area contributed by atoms with E-state index < -0.39 is 0 Å². The minimum atomic E-state index is 0.732. The fourth-order valence-electron chi connectivity index (χ4n) is 2.50. The van der Waals surface area contributed by atoms with E-state index in [9.17, 15) is 0 Å². The van der Waals surface area contributed by atoms with Crippen LogP contribution in [0.5, 0.6) is 0 Å². The molecule has 118 valence electrons. The summed E-state index contributed by atoms with van der Waals surface area (Å²) in [5, 5.41) is 3.37. The lowest BCUT2D eigenvalue weighted by atomic mass is 10.1. The molecule has 0 unspecified atom stereocenters. The third kappa shape index (κ3) is 3.74. The summed E-state index contributed by atoms with van der Waals surface area (Å²) in [7, 11) is 0. The van der Waals surface area contributed by atoms with Gasteiger partial charge in [0.1, 0.15) is 11.6 Å². The number of hydrogen-bond acceptors (Lipinski definition) is 4. The first-order chi connectivity index (χ1) is 11.1. The maximum Gasteiger partial charge on any atom is 0.148 e. The first-order valence-corrected chi connectivity index (χ1v) is 7.71. The van der Waals surface area contributed by atoms with E-state index in [-0.39, 0.29) is 0 Å². The zero-order chi connectivity index (χ0) is 16.2. The number of rotatable bonds is 5. The summed E-state index contributed by atoms with van der Waals surface area (Å²) in [4.78, 5) is 13.1. The molecule has 0 saturated carbocycles. The first kappa shape index (κ1) is 15.2. The number of aromatic nitrogens is 4. The summed E-state index contributed by atoms with van der Waals surface area (Å²) >= 11 is 0. The van der Waals surface area contributed by atoms with Gasteiger partial charge in [-0.15, -0.1) is 0 Å². The Kier molecular flexibility index (Phi) is 4.37. The van der Waals surface area contributed by atoms with Crippen LogP contribution >= 0.6 is 0 Å². The molecule has 0 aliphatic carbocycles. The van der Waals surface area contributed by atoms with Crippen molar-refractivity contribution in [3.63, 3.8) is 0 Å². The van der Waals surface area contributed by atoms with Gasteiger partial charge in [0.15, 0.2) is 0 Å². The lowest BCUT2D eigenvalue weighted by Crippen LogP contribution is -2.06. The number of nitrogens with one attached hydrogen (secondary N) is 1. The molecule has 3 rings (SSSR count). The van der Waals surface area contributed by atoms with E-state index in [4.69, 9.17) is 0 Å². The van der Waals surface area contributed by atoms with Crippen molar-refractivity contribution in [3.8, 4) is 0 Å². The molecule has 3 aromatic rings. The van der Waals surface area contributed by atoms with Crippen LogP contribution in [-0.4, -0.2) is 19.5 Å². The van der Waals surface area contributed by atoms with E-state index in [1.165, 1.54) is 11.1 Å². The molecule has 2 heterocycles. The molecule has 0 fully saturated rings. The highest BCUT2D eigenvalue weighted by atomic mass is 15.0. The number of aryl methyl sites for hydroxylation is 3. The van der Waals surface area contributed by atoms with Gasteiger partial charge in [-0.2, -0.15) is 0 Å². The summed E-state index contributed by atoms with van der Waals surface area (Å²) in [6.45, 7) is 7.50. The molecular formula is C18H21N5. The molecule has 1 aromatic carbocycles. The third-order valence-corrected chi connectivity index (χ3v) is 3.80. The summed E-state index contributed by atoms with van der Waals surface area (Å²) in [5.74, 6) is 1.88. The van der Waals surface area contributed by atoms with Crippen molar-refractivity contribution >= 4 is 5.82 Å². The first-order valence-electron chi connectivity index (χ1n) is 7.71. The van der Waals surface area contributed by atoms with Gasteiger partial charge in [0, 0.05) is 31.7 Å². The van der Waals surface area contributed by atoms with Gasteiger partial charge < -0.3 is 9.88 Å². The largest absolute Gasteiger partial charge is 0.364 e. The van der Waals surface area contributed by atoms with E-state index in [0.717, 1.165) is 36.1 Å². The molecule has 0 amide bonds. The fraction of sp³-hybridized carbons (Fsp3) is 0.278. The average Bonchev–Trinajstić information content (AvgIpc) is 2.94. The Hall–Kier alpha value is -2.69. The minimum absolute atomic E-state index is 0.732. The molecule has 0 atom stereocenters. The second-order valence-corrected chi connectivity index (χ2v) is 5.72. The Morgan fingerprint density at radius 1 is 1.09 bits per heavy atom. The fourth-order valence-corrected chi connectivity index (χ4v) is 2.50. The van der Waals surface area contributed by atoms with Crippen LogP contribution in [0, 0.1) is 20.8 Å². The summed E-state index contributed by atoms with van der Waals surface area (Å²) < 4.78 is 2.14. The third-order valence-electron chi connectivity index (χ3n) is 3.80. The molecule has 0 spiro atoms. The molecule has 0 bridgehead atoms. The molecule has 0 aliphatic rings. The summed E-state index contributed by atoms with van der Waals surface area (Å²) in [6.07, 6.45) is 5.63. The number of anilines is 1. The number of benzene rings is 1. The van der Waals surface area contributed by atoms with Crippen LogP contribution in [0.15, 0.2) is 42.9 Å². The average molecular weight is 307 g/mol. The van der Waals surface area contributed by atoms with Crippen molar-refractivity contribution < 1.29 is 0 Å². The topological polar surface area (TPSA) is 55.6 Å². The Labute approximate surface area is 136 Å². The Morgan fingerprint density at radius 2 is 1.91 bits per heavy atom. The Morgan fingerprint density at radius 3 is 2.70 bits per heavy atom. The number of imidazole rings is 1. The van der Waals surface area contributed by atoms with Gasteiger partial charge in [0.05, 0.1) is 11.4 Å². The predicted molar refractivity (Wildman–Crippen MR) is 91.3 cm³/mol. The molecule has 1 N–H and O–H groups in total. The van der Waals surface area contributed by atoms with Gasteiger partial charge in [-0.25, -0.2) is 9.97 Å².